The van der Waals surface area contributed by atoms with Crippen molar-refractivity contribution in [2.24, 2.45) is 0 Å². The number of para-hydroxylation sites is 2. The molecule has 6 rings (SSSR count). The van der Waals surface area contributed by atoms with Crippen LogP contribution in [0.25, 0.3) is 32.6 Å². The summed E-state index contributed by atoms with van der Waals surface area (Å²) in [6.07, 6.45) is 0. The molecule has 174 valence electrons. The van der Waals surface area contributed by atoms with Crippen molar-refractivity contribution in [3.05, 3.63) is 115 Å². The zero-order valence-electron chi connectivity index (χ0n) is 20.0. The number of aromatic nitrogens is 2. The Balaban J connectivity index is 0.000000149. The maximum Gasteiger partial charge on any atom is 3.00 e. The normalized spacial score (nSPS) is 10.1. The van der Waals surface area contributed by atoms with Crippen molar-refractivity contribution >= 4 is 52.4 Å². The first kappa shape index (κ1) is 26.6. The van der Waals surface area contributed by atoms with Gasteiger partial charge in [0, 0.05) is 11.4 Å². The van der Waals surface area contributed by atoms with Gasteiger partial charge in [0.1, 0.15) is 0 Å². The summed E-state index contributed by atoms with van der Waals surface area (Å²) in [6, 6.07) is 30.9. The van der Waals surface area contributed by atoms with Crippen LogP contribution in [0.5, 0.6) is 17.2 Å². The second-order valence-corrected chi connectivity index (χ2v) is 8.07. The van der Waals surface area contributed by atoms with Crippen LogP contribution in [-0.2, 0) is 0 Å². The molecule has 36 heavy (non-hydrogen) atoms. The Hall–Kier alpha value is -4.00. The summed E-state index contributed by atoms with van der Waals surface area (Å²) in [5, 5.41) is 37.4. The SMILES string of the molecule is Cc1ccc2cccc([O-])c2n1.Cc1ccc2cccc([O-])c2n1.[Ga+3].[O-]c1ccc2ccccc2c1. The molecule has 5 nitrogen and oxygen atoms in total. The first-order valence-corrected chi connectivity index (χ1v) is 11.1. The largest absolute Gasteiger partial charge is 3.00 e. The number of benzene rings is 4. The van der Waals surface area contributed by atoms with Gasteiger partial charge in [-0.25, -0.2) is 0 Å². The molecule has 0 radical (unpaired) electrons. The van der Waals surface area contributed by atoms with Crippen molar-refractivity contribution in [2.75, 3.05) is 0 Å². The molecule has 0 saturated carbocycles. The summed E-state index contributed by atoms with van der Waals surface area (Å²) in [4.78, 5) is 8.33. The molecule has 0 N–H and O–H groups in total. The van der Waals surface area contributed by atoms with Gasteiger partial charge >= 0.3 is 19.8 Å². The third kappa shape index (κ3) is 6.56. The summed E-state index contributed by atoms with van der Waals surface area (Å²) in [6.45, 7) is 3.76. The second-order valence-electron chi connectivity index (χ2n) is 8.07. The van der Waals surface area contributed by atoms with E-state index >= 15 is 0 Å². The van der Waals surface area contributed by atoms with Gasteiger partial charge in [-0.1, -0.05) is 102 Å². The van der Waals surface area contributed by atoms with Gasteiger partial charge in [-0.3, -0.25) is 9.97 Å². The minimum Gasteiger partial charge on any atom is -0.872 e. The van der Waals surface area contributed by atoms with E-state index < -0.39 is 0 Å². The Morgan fingerprint density at radius 1 is 0.472 bits per heavy atom. The molecule has 0 amide bonds. The van der Waals surface area contributed by atoms with Crippen LogP contribution in [-0.4, -0.2) is 29.8 Å². The third-order valence-electron chi connectivity index (χ3n) is 5.37. The van der Waals surface area contributed by atoms with Crippen molar-refractivity contribution in [1.82, 2.24) is 9.97 Å². The first-order chi connectivity index (χ1) is 16.9. The quantitative estimate of drug-likeness (QED) is 0.265. The van der Waals surface area contributed by atoms with E-state index in [1.165, 1.54) is 12.1 Å². The number of nitrogens with zero attached hydrogens (tertiary/aromatic N) is 2. The van der Waals surface area contributed by atoms with Crippen molar-refractivity contribution in [3.8, 4) is 17.2 Å². The number of hydrogen-bond donors (Lipinski definition) is 0. The molecular weight excluding hydrogens is 506 g/mol. The molecule has 4 aromatic carbocycles. The molecular formula is C30H23GaN2O3. The molecule has 0 aliphatic heterocycles. The van der Waals surface area contributed by atoms with E-state index in [0.717, 1.165) is 32.9 Å². The van der Waals surface area contributed by atoms with Gasteiger partial charge in [-0.05, 0) is 47.5 Å². The Labute approximate surface area is 222 Å². The number of aryl methyl sites for hydroxylation is 2. The Morgan fingerprint density at radius 3 is 1.44 bits per heavy atom. The van der Waals surface area contributed by atoms with Gasteiger partial charge in [-0.15, -0.1) is 5.75 Å². The van der Waals surface area contributed by atoms with Gasteiger partial charge in [0.15, 0.2) is 0 Å². The van der Waals surface area contributed by atoms with Gasteiger partial charge in [0.25, 0.3) is 0 Å². The molecule has 0 atom stereocenters. The standard InChI is InChI=1S/2C10H9NO.C10H8O.Ga/c2*1-7-5-6-8-3-2-4-9(12)10(8)11-7;11-10-6-5-8-3-1-2-4-9(8)7-10;/h2*2-6,12H,1H3;1-7,11H;/q;;;+3/p-3. The van der Waals surface area contributed by atoms with Crippen LogP contribution in [0, 0.1) is 13.8 Å². The van der Waals surface area contributed by atoms with E-state index in [-0.39, 0.29) is 37.0 Å². The van der Waals surface area contributed by atoms with Crippen LogP contribution < -0.4 is 15.3 Å². The molecule has 0 saturated heterocycles. The van der Waals surface area contributed by atoms with Gasteiger partial charge < -0.3 is 15.3 Å². The summed E-state index contributed by atoms with van der Waals surface area (Å²) in [5.41, 5.74) is 2.90. The monoisotopic (exact) mass is 528 g/mol. The Bertz CT molecular complexity index is 1540. The van der Waals surface area contributed by atoms with Crippen molar-refractivity contribution in [2.45, 2.75) is 13.8 Å². The maximum absolute atomic E-state index is 11.3. The van der Waals surface area contributed by atoms with E-state index in [4.69, 9.17) is 0 Å². The molecule has 6 aromatic rings. The molecule has 0 bridgehead atoms. The second kappa shape index (κ2) is 12.1. The van der Waals surface area contributed by atoms with Crippen molar-refractivity contribution < 1.29 is 15.3 Å². The maximum atomic E-state index is 11.3. The van der Waals surface area contributed by atoms with Crippen LogP contribution in [0.2, 0.25) is 0 Å². The fourth-order valence-corrected chi connectivity index (χ4v) is 3.60. The number of fused-ring (bicyclic) bond motifs is 3. The van der Waals surface area contributed by atoms with E-state index in [2.05, 4.69) is 9.97 Å². The summed E-state index contributed by atoms with van der Waals surface area (Å²) >= 11 is 0. The van der Waals surface area contributed by atoms with Crippen LogP contribution in [0.1, 0.15) is 11.4 Å². The minimum absolute atomic E-state index is 0. The molecule has 0 aliphatic rings. The number of rotatable bonds is 0. The van der Waals surface area contributed by atoms with Crippen molar-refractivity contribution in [3.63, 3.8) is 0 Å². The van der Waals surface area contributed by atoms with Crippen molar-refractivity contribution in [1.29, 1.82) is 0 Å². The molecule has 0 spiro atoms. The zero-order chi connectivity index (χ0) is 24.8. The molecule has 0 unspecified atom stereocenters. The predicted octanol–water partition coefficient (Wildman–Crippen LogP) is 4.77. The predicted molar refractivity (Wildman–Crippen MR) is 141 cm³/mol. The van der Waals surface area contributed by atoms with Gasteiger partial charge in [0.2, 0.25) is 0 Å². The molecule has 0 aliphatic carbocycles. The molecule has 2 heterocycles. The van der Waals surface area contributed by atoms with E-state index in [1.54, 1.807) is 24.3 Å². The fraction of sp³-hybridized carbons (Fsp3) is 0.0667. The van der Waals surface area contributed by atoms with Gasteiger partial charge in [-0.2, -0.15) is 0 Å². The summed E-state index contributed by atoms with van der Waals surface area (Å²) in [5.74, 6) is 0.0658. The average Bonchev–Trinajstić information content (AvgIpc) is 2.86. The summed E-state index contributed by atoms with van der Waals surface area (Å²) in [7, 11) is 0. The topological polar surface area (TPSA) is 95.0 Å². The summed E-state index contributed by atoms with van der Waals surface area (Å²) < 4.78 is 0. The Morgan fingerprint density at radius 2 is 0.917 bits per heavy atom. The van der Waals surface area contributed by atoms with Crippen LogP contribution in [0.4, 0.5) is 0 Å². The first-order valence-electron chi connectivity index (χ1n) is 11.1. The molecule has 2 aromatic heterocycles. The smallest absolute Gasteiger partial charge is 0.872 e. The molecule has 6 heteroatoms. The third-order valence-corrected chi connectivity index (χ3v) is 5.37. The number of hydrogen-bond acceptors (Lipinski definition) is 5. The Kier molecular flexibility index (Phi) is 8.95. The van der Waals surface area contributed by atoms with Gasteiger partial charge in [0.05, 0.1) is 11.0 Å². The average molecular weight is 529 g/mol. The van der Waals surface area contributed by atoms with E-state index in [0.29, 0.717) is 11.0 Å². The van der Waals surface area contributed by atoms with E-state index in [9.17, 15) is 15.3 Å². The molecule has 0 fully saturated rings. The number of pyridine rings is 2. The zero-order valence-corrected chi connectivity index (χ0v) is 22.4. The van der Waals surface area contributed by atoms with E-state index in [1.807, 2.05) is 80.6 Å². The van der Waals surface area contributed by atoms with Crippen LogP contribution >= 0.6 is 0 Å². The van der Waals surface area contributed by atoms with Crippen LogP contribution in [0.15, 0.2) is 103 Å². The minimum atomic E-state index is -0.00352. The van der Waals surface area contributed by atoms with Crippen LogP contribution in [0.3, 0.4) is 0 Å². The fourth-order valence-electron chi connectivity index (χ4n) is 3.60.